The first kappa shape index (κ1) is 11.3. The van der Waals surface area contributed by atoms with Gasteiger partial charge in [-0.1, -0.05) is 18.2 Å². The number of nitrogens with zero attached hydrogens (tertiary/aromatic N) is 1. The van der Waals surface area contributed by atoms with Gasteiger partial charge in [-0.15, -0.1) is 0 Å². The number of amidine groups is 1. The minimum Gasteiger partial charge on any atom is -0.307 e. The van der Waals surface area contributed by atoms with Gasteiger partial charge in [0.15, 0.2) is 0 Å². The molecule has 1 aromatic carbocycles. The number of carbonyl (C=O) groups is 1. The van der Waals surface area contributed by atoms with Gasteiger partial charge in [0.1, 0.15) is 11.9 Å². The number of hydrogen-bond donors (Lipinski definition) is 2. The lowest BCUT2D eigenvalue weighted by Crippen LogP contribution is -2.32. The quantitative estimate of drug-likeness (QED) is 0.823. The van der Waals surface area contributed by atoms with E-state index in [4.69, 9.17) is 5.41 Å². The molecule has 1 aliphatic carbocycles. The lowest BCUT2D eigenvalue weighted by atomic mass is 9.96. The zero-order chi connectivity index (χ0) is 12.9. The molecule has 1 aromatic rings. The fourth-order valence-corrected chi connectivity index (χ4v) is 2.61. The Morgan fingerprint density at radius 1 is 1.33 bits per heavy atom. The molecule has 0 radical (unpaired) electrons. The molecule has 2 fully saturated rings. The molecule has 18 heavy (non-hydrogen) atoms. The van der Waals surface area contributed by atoms with Crippen LogP contribution in [-0.2, 0) is 0 Å². The van der Waals surface area contributed by atoms with Gasteiger partial charge in [-0.3, -0.25) is 10.7 Å². The third kappa shape index (κ3) is 1.60. The molecular weight excluding hydrogens is 226 g/mol. The van der Waals surface area contributed by atoms with Crippen LogP contribution in [-0.4, -0.2) is 22.8 Å². The van der Waals surface area contributed by atoms with Crippen LogP contribution >= 0.6 is 0 Å². The third-order valence-electron chi connectivity index (χ3n) is 3.91. The first-order valence-electron chi connectivity index (χ1n) is 6.33. The monoisotopic (exact) mass is 243 g/mol. The molecule has 1 saturated carbocycles. The highest BCUT2D eigenvalue weighted by Crippen LogP contribution is 2.38. The number of amides is 2. The van der Waals surface area contributed by atoms with Crippen molar-refractivity contribution in [1.82, 2.24) is 10.2 Å². The van der Waals surface area contributed by atoms with E-state index < -0.39 is 0 Å². The van der Waals surface area contributed by atoms with E-state index in [0.29, 0.717) is 11.9 Å². The van der Waals surface area contributed by atoms with Gasteiger partial charge in [0, 0.05) is 6.04 Å². The van der Waals surface area contributed by atoms with Crippen LogP contribution < -0.4 is 5.32 Å². The van der Waals surface area contributed by atoms with Crippen LogP contribution in [0, 0.1) is 19.3 Å². The van der Waals surface area contributed by atoms with Gasteiger partial charge in [-0.05, 0) is 43.4 Å². The molecule has 1 aliphatic heterocycles. The molecule has 3 rings (SSSR count). The van der Waals surface area contributed by atoms with Crippen molar-refractivity contribution >= 4 is 11.9 Å². The maximum absolute atomic E-state index is 11.9. The highest BCUT2D eigenvalue weighted by Gasteiger charge is 2.45. The van der Waals surface area contributed by atoms with Gasteiger partial charge in [-0.25, -0.2) is 4.79 Å². The van der Waals surface area contributed by atoms with Gasteiger partial charge in [-0.2, -0.15) is 0 Å². The molecule has 4 heteroatoms. The minimum absolute atomic E-state index is 0.117. The summed E-state index contributed by atoms with van der Waals surface area (Å²) in [4.78, 5) is 13.8. The molecule has 2 amide bonds. The first-order valence-corrected chi connectivity index (χ1v) is 6.33. The zero-order valence-electron chi connectivity index (χ0n) is 10.7. The van der Waals surface area contributed by atoms with Crippen molar-refractivity contribution in [2.24, 2.45) is 0 Å². The molecule has 1 heterocycles. The Balaban J connectivity index is 2.05. The number of urea groups is 1. The number of nitrogens with one attached hydrogen (secondary N) is 2. The average molecular weight is 243 g/mol. The summed E-state index contributed by atoms with van der Waals surface area (Å²) >= 11 is 0. The van der Waals surface area contributed by atoms with E-state index in [1.807, 2.05) is 17.0 Å². The summed E-state index contributed by atoms with van der Waals surface area (Å²) in [7, 11) is 0. The Kier molecular flexibility index (Phi) is 2.40. The van der Waals surface area contributed by atoms with Crippen LogP contribution in [0.1, 0.15) is 35.6 Å². The molecule has 4 nitrogen and oxygen atoms in total. The van der Waals surface area contributed by atoms with Crippen molar-refractivity contribution in [3.8, 4) is 0 Å². The number of aryl methyl sites for hydroxylation is 1. The molecule has 2 aliphatic rings. The highest BCUT2D eigenvalue weighted by molar-refractivity contribution is 6.06. The van der Waals surface area contributed by atoms with Gasteiger partial charge in [0.2, 0.25) is 0 Å². The molecule has 94 valence electrons. The van der Waals surface area contributed by atoms with Crippen LogP contribution in [0.3, 0.4) is 0 Å². The normalized spacial score (nSPS) is 23.4. The summed E-state index contributed by atoms with van der Waals surface area (Å²) in [5.74, 6) is 0.306. The highest BCUT2D eigenvalue weighted by atomic mass is 16.2. The van der Waals surface area contributed by atoms with E-state index in [2.05, 4.69) is 25.2 Å². The molecule has 2 N–H and O–H groups in total. The predicted octanol–water partition coefficient (Wildman–Crippen LogP) is 2.51. The first-order chi connectivity index (χ1) is 8.59. The number of rotatable bonds is 2. The number of hydrogen-bond acceptors (Lipinski definition) is 2. The van der Waals surface area contributed by atoms with Crippen molar-refractivity contribution in [2.45, 2.75) is 38.8 Å². The van der Waals surface area contributed by atoms with Crippen molar-refractivity contribution in [3.05, 3.63) is 34.9 Å². The molecule has 0 bridgehead atoms. The minimum atomic E-state index is -0.218. The molecular formula is C14H17N3O. The SMILES string of the molecule is Cc1cccc(C2C(=N)NC(=O)N2C2CC2)c1C. The van der Waals surface area contributed by atoms with Crippen LogP contribution in [0.25, 0.3) is 0 Å². The van der Waals surface area contributed by atoms with Gasteiger partial charge in [0.05, 0.1) is 0 Å². The molecule has 1 atom stereocenters. The van der Waals surface area contributed by atoms with Crippen LogP contribution in [0.15, 0.2) is 18.2 Å². The van der Waals surface area contributed by atoms with E-state index in [1.54, 1.807) is 0 Å². The Labute approximate surface area is 106 Å². The second kappa shape index (κ2) is 3.83. The molecule has 0 spiro atoms. The smallest absolute Gasteiger partial charge is 0.307 e. The molecule has 1 unspecified atom stereocenters. The predicted molar refractivity (Wildman–Crippen MR) is 69.8 cm³/mol. The molecule has 0 aromatic heterocycles. The second-order valence-electron chi connectivity index (χ2n) is 5.17. The summed E-state index contributed by atoms with van der Waals surface area (Å²) in [5, 5.41) is 10.7. The van der Waals surface area contributed by atoms with Gasteiger partial charge >= 0.3 is 6.03 Å². The Hall–Kier alpha value is -1.84. The fraction of sp³-hybridized carbons (Fsp3) is 0.429. The lowest BCUT2D eigenvalue weighted by molar-refractivity contribution is 0.202. The van der Waals surface area contributed by atoms with E-state index in [1.165, 1.54) is 11.1 Å². The Morgan fingerprint density at radius 2 is 2.06 bits per heavy atom. The van der Waals surface area contributed by atoms with Crippen molar-refractivity contribution in [2.75, 3.05) is 0 Å². The molecule has 1 saturated heterocycles. The lowest BCUT2D eigenvalue weighted by Gasteiger charge is -2.24. The summed E-state index contributed by atoms with van der Waals surface area (Å²) in [6.07, 6.45) is 2.12. The standard InChI is InChI=1S/C14H17N3O/c1-8-4-3-5-11(9(8)2)12-13(15)16-14(18)17(12)10-6-7-10/h3-5,10,12H,6-7H2,1-2H3,(H2,15,16,18). The number of benzene rings is 1. The topological polar surface area (TPSA) is 56.2 Å². The number of carbonyl (C=O) groups excluding carboxylic acids is 1. The van der Waals surface area contributed by atoms with Crippen molar-refractivity contribution in [3.63, 3.8) is 0 Å². The maximum Gasteiger partial charge on any atom is 0.323 e. The van der Waals surface area contributed by atoms with Gasteiger partial charge < -0.3 is 4.90 Å². The largest absolute Gasteiger partial charge is 0.323 e. The van der Waals surface area contributed by atoms with Crippen LogP contribution in [0.4, 0.5) is 4.79 Å². The van der Waals surface area contributed by atoms with E-state index in [-0.39, 0.29) is 12.1 Å². The Bertz CT molecular complexity index is 534. The second-order valence-corrected chi connectivity index (χ2v) is 5.17. The van der Waals surface area contributed by atoms with Crippen molar-refractivity contribution < 1.29 is 4.79 Å². The maximum atomic E-state index is 11.9. The van der Waals surface area contributed by atoms with Gasteiger partial charge in [0.25, 0.3) is 0 Å². The van der Waals surface area contributed by atoms with E-state index in [9.17, 15) is 4.79 Å². The Morgan fingerprint density at radius 3 is 2.72 bits per heavy atom. The summed E-state index contributed by atoms with van der Waals surface area (Å²) in [5.41, 5.74) is 3.45. The van der Waals surface area contributed by atoms with E-state index in [0.717, 1.165) is 18.4 Å². The fourth-order valence-electron chi connectivity index (χ4n) is 2.61. The zero-order valence-corrected chi connectivity index (χ0v) is 10.7. The third-order valence-corrected chi connectivity index (χ3v) is 3.91. The summed E-state index contributed by atoms with van der Waals surface area (Å²) in [6.45, 7) is 4.12. The summed E-state index contributed by atoms with van der Waals surface area (Å²) < 4.78 is 0. The summed E-state index contributed by atoms with van der Waals surface area (Å²) in [6, 6.07) is 6.07. The van der Waals surface area contributed by atoms with Crippen LogP contribution in [0.5, 0.6) is 0 Å². The van der Waals surface area contributed by atoms with E-state index >= 15 is 0 Å². The van der Waals surface area contributed by atoms with Crippen LogP contribution in [0.2, 0.25) is 0 Å². The average Bonchev–Trinajstić information content (AvgIpc) is 3.09. The van der Waals surface area contributed by atoms with Crippen molar-refractivity contribution in [1.29, 1.82) is 5.41 Å².